The van der Waals surface area contributed by atoms with Gasteiger partial charge in [0.25, 0.3) is 0 Å². The molecule has 3 aromatic rings. The molecule has 5 nitrogen and oxygen atoms in total. The van der Waals surface area contributed by atoms with Crippen LogP contribution in [0.2, 0.25) is 10.0 Å². The van der Waals surface area contributed by atoms with E-state index in [4.69, 9.17) is 23.2 Å². The molecule has 0 unspecified atom stereocenters. The number of allylic oxidation sites excluding steroid dienone is 3. The lowest BCUT2D eigenvalue weighted by Crippen LogP contribution is -2.20. The van der Waals surface area contributed by atoms with E-state index in [0.717, 1.165) is 16.8 Å². The van der Waals surface area contributed by atoms with Gasteiger partial charge >= 0.3 is 0 Å². The molecule has 0 amide bonds. The van der Waals surface area contributed by atoms with Crippen LogP contribution < -0.4 is 5.32 Å². The fourth-order valence-corrected chi connectivity index (χ4v) is 3.76. The summed E-state index contributed by atoms with van der Waals surface area (Å²) in [5, 5.41) is 23.1. The van der Waals surface area contributed by atoms with Gasteiger partial charge in [0, 0.05) is 23.8 Å². The molecule has 166 valence electrons. The maximum atomic E-state index is 13.0. The SMILES string of the molecule is Cc1ccccc1NC1=CC(=O)C(Cc2ccc(O)c(Cl)c2)=CC1=Nc1ccc(O)c(Cl)c1. The second-order valence-electron chi connectivity index (χ2n) is 7.63. The summed E-state index contributed by atoms with van der Waals surface area (Å²) in [7, 11) is 0. The highest BCUT2D eigenvalue weighted by molar-refractivity contribution is 6.32. The molecule has 0 saturated heterocycles. The van der Waals surface area contributed by atoms with Crippen molar-refractivity contribution in [2.45, 2.75) is 13.3 Å². The molecule has 0 atom stereocenters. The Morgan fingerprint density at radius 1 is 0.909 bits per heavy atom. The lowest BCUT2D eigenvalue weighted by atomic mass is 9.94. The zero-order chi connectivity index (χ0) is 23.5. The van der Waals surface area contributed by atoms with Crippen molar-refractivity contribution in [3.63, 3.8) is 0 Å². The van der Waals surface area contributed by atoms with Crippen molar-refractivity contribution in [3.8, 4) is 11.5 Å². The lowest BCUT2D eigenvalue weighted by Gasteiger charge is -2.19. The molecule has 0 radical (unpaired) electrons. The highest BCUT2D eigenvalue weighted by Gasteiger charge is 2.20. The molecular weight excluding hydrogens is 459 g/mol. The second kappa shape index (κ2) is 9.53. The topological polar surface area (TPSA) is 81.9 Å². The van der Waals surface area contributed by atoms with Gasteiger partial charge in [-0.25, -0.2) is 4.99 Å². The molecule has 0 saturated carbocycles. The minimum atomic E-state index is -0.155. The van der Waals surface area contributed by atoms with Crippen molar-refractivity contribution in [2.75, 3.05) is 5.32 Å². The number of hydrogen-bond donors (Lipinski definition) is 3. The van der Waals surface area contributed by atoms with Crippen LogP contribution in [0.3, 0.4) is 0 Å². The highest BCUT2D eigenvalue weighted by Crippen LogP contribution is 2.30. The zero-order valence-corrected chi connectivity index (χ0v) is 19.2. The Balaban J connectivity index is 1.73. The van der Waals surface area contributed by atoms with E-state index in [2.05, 4.69) is 10.3 Å². The van der Waals surface area contributed by atoms with Crippen molar-refractivity contribution in [1.82, 2.24) is 0 Å². The number of phenolic OH excluding ortho intramolecular Hbond substituents is 2. The molecule has 7 heteroatoms. The van der Waals surface area contributed by atoms with Gasteiger partial charge in [-0.05, 0) is 60.5 Å². The van der Waals surface area contributed by atoms with Crippen LogP contribution in [0.1, 0.15) is 11.1 Å². The Morgan fingerprint density at radius 2 is 1.61 bits per heavy atom. The van der Waals surface area contributed by atoms with E-state index in [1.807, 2.05) is 31.2 Å². The average Bonchev–Trinajstić information content (AvgIpc) is 2.78. The van der Waals surface area contributed by atoms with Crippen molar-refractivity contribution in [1.29, 1.82) is 0 Å². The van der Waals surface area contributed by atoms with Crippen molar-refractivity contribution < 1.29 is 15.0 Å². The molecule has 0 fully saturated rings. The zero-order valence-electron chi connectivity index (χ0n) is 17.6. The van der Waals surface area contributed by atoms with Crippen LogP contribution >= 0.6 is 23.2 Å². The van der Waals surface area contributed by atoms with Crippen LogP contribution in [0.25, 0.3) is 0 Å². The number of aliphatic imine (C=N–C) groups is 1. The summed E-state index contributed by atoms with van der Waals surface area (Å²) in [5.41, 5.74) is 4.80. The van der Waals surface area contributed by atoms with Crippen LogP contribution in [0, 0.1) is 6.92 Å². The second-order valence-corrected chi connectivity index (χ2v) is 8.44. The molecule has 0 bridgehead atoms. The summed E-state index contributed by atoms with van der Waals surface area (Å²) >= 11 is 12.1. The third kappa shape index (κ3) is 5.28. The van der Waals surface area contributed by atoms with E-state index in [9.17, 15) is 15.0 Å². The maximum Gasteiger partial charge on any atom is 0.184 e. The van der Waals surface area contributed by atoms with Crippen molar-refractivity contribution in [2.24, 2.45) is 4.99 Å². The quantitative estimate of drug-likeness (QED) is 0.363. The number of para-hydroxylation sites is 1. The summed E-state index contributed by atoms with van der Waals surface area (Å²) in [6, 6.07) is 17.3. The van der Waals surface area contributed by atoms with Gasteiger partial charge in [-0.3, -0.25) is 4.79 Å². The Kier molecular flexibility index (Phi) is 6.54. The largest absolute Gasteiger partial charge is 0.506 e. The fourth-order valence-electron chi connectivity index (χ4n) is 3.39. The average molecular weight is 479 g/mol. The van der Waals surface area contributed by atoms with E-state index in [1.165, 1.54) is 18.2 Å². The van der Waals surface area contributed by atoms with Gasteiger partial charge < -0.3 is 15.5 Å². The van der Waals surface area contributed by atoms with Crippen LogP contribution in [0.5, 0.6) is 11.5 Å². The Labute approximate surface area is 201 Å². The number of benzene rings is 3. The number of carbonyl (C=O) groups is 1. The Hall–Kier alpha value is -3.54. The number of hydrogen-bond acceptors (Lipinski definition) is 5. The van der Waals surface area contributed by atoms with Gasteiger partial charge in [0.15, 0.2) is 5.78 Å². The Bertz CT molecular complexity index is 1340. The highest BCUT2D eigenvalue weighted by atomic mass is 35.5. The van der Waals surface area contributed by atoms with Crippen LogP contribution in [0.15, 0.2) is 89.1 Å². The van der Waals surface area contributed by atoms with Crippen molar-refractivity contribution >= 4 is 46.1 Å². The third-order valence-corrected chi connectivity index (χ3v) is 5.79. The van der Waals surface area contributed by atoms with Gasteiger partial charge in [0.1, 0.15) is 11.5 Å². The number of halogens is 2. The van der Waals surface area contributed by atoms with Gasteiger partial charge in [-0.1, -0.05) is 47.5 Å². The first-order chi connectivity index (χ1) is 15.8. The smallest absolute Gasteiger partial charge is 0.184 e. The van der Waals surface area contributed by atoms with E-state index in [1.54, 1.807) is 30.3 Å². The van der Waals surface area contributed by atoms with Crippen LogP contribution in [-0.2, 0) is 11.2 Å². The molecule has 3 N–H and O–H groups in total. The van der Waals surface area contributed by atoms with E-state index in [-0.39, 0.29) is 27.3 Å². The Morgan fingerprint density at radius 3 is 2.30 bits per heavy atom. The van der Waals surface area contributed by atoms with Gasteiger partial charge in [0.05, 0.1) is 27.1 Å². The number of ketones is 1. The number of carbonyl (C=O) groups excluding carboxylic acids is 1. The molecular formula is C26H20Cl2N2O3. The minimum Gasteiger partial charge on any atom is -0.506 e. The summed E-state index contributed by atoms with van der Waals surface area (Å²) in [6.07, 6.45) is 3.57. The summed E-state index contributed by atoms with van der Waals surface area (Å²) in [6.45, 7) is 1.97. The molecule has 33 heavy (non-hydrogen) atoms. The molecule has 0 spiro atoms. The van der Waals surface area contributed by atoms with Gasteiger partial charge in [-0.15, -0.1) is 0 Å². The molecule has 0 aliphatic heterocycles. The van der Waals surface area contributed by atoms with Gasteiger partial charge in [-0.2, -0.15) is 0 Å². The summed E-state index contributed by atoms with van der Waals surface area (Å²) in [4.78, 5) is 17.6. The third-order valence-electron chi connectivity index (χ3n) is 5.18. The fraction of sp³-hybridized carbons (Fsp3) is 0.0769. The maximum absolute atomic E-state index is 13.0. The van der Waals surface area contributed by atoms with E-state index < -0.39 is 0 Å². The van der Waals surface area contributed by atoms with Crippen molar-refractivity contribution in [3.05, 3.63) is 105 Å². The molecule has 0 aromatic heterocycles. The molecule has 1 aliphatic rings. The first-order valence-electron chi connectivity index (χ1n) is 10.1. The molecule has 0 heterocycles. The predicted octanol–water partition coefficient (Wildman–Crippen LogP) is 6.53. The number of aryl methyl sites for hydroxylation is 1. The summed E-state index contributed by atoms with van der Waals surface area (Å²) in [5.74, 6) is -0.202. The van der Waals surface area contributed by atoms with Gasteiger partial charge in [0.2, 0.25) is 0 Å². The number of rotatable bonds is 5. The monoisotopic (exact) mass is 478 g/mol. The standard InChI is InChI=1S/C26H20Cl2N2O3/c1-15-4-2-3-5-21(15)30-23-14-26(33)17(10-16-6-8-24(31)19(27)11-16)12-22(23)29-18-7-9-25(32)20(28)13-18/h2-9,11-14,30-32H,10H2,1H3. The molecule has 3 aromatic carbocycles. The normalized spacial score (nSPS) is 14.8. The van der Waals surface area contributed by atoms with E-state index in [0.29, 0.717) is 29.1 Å². The number of nitrogens with one attached hydrogen (secondary N) is 1. The van der Waals surface area contributed by atoms with Crippen LogP contribution in [-0.4, -0.2) is 21.7 Å². The summed E-state index contributed by atoms with van der Waals surface area (Å²) < 4.78 is 0. The first-order valence-corrected chi connectivity index (χ1v) is 10.9. The minimum absolute atomic E-state index is 0.0135. The van der Waals surface area contributed by atoms with Crippen LogP contribution in [0.4, 0.5) is 11.4 Å². The van der Waals surface area contributed by atoms with E-state index >= 15 is 0 Å². The number of phenols is 2. The first kappa shape index (κ1) is 22.6. The molecule has 1 aliphatic carbocycles. The lowest BCUT2D eigenvalue weighted by molar-refractivity contribution is -0.111. The number of nitrogens with zero attached hydrogens (tertiary/aromatic N) is 1. The number of aromatic hydroxyl groups is 2. The predicted molar refractivity (Wildman–Crippen MR) is 133 cm³/mol. The molecule has 4 rings (SSSR count). The number of anilines is 1.